The number of hydrogen-bond acceptors (Lipinski definition) is 8. The molecule has 0 bridgehead atoms. The van der Waals surface area contributed by atoms with Crippen molar-refractivity contribution in [2.45, 2.75) is 78.2 Å². The fraction of sp³-hybridized carbons (Fsp3) is 0.472. The molecule has 4 aliphatic rings. The summed E-state index contributed by atoms with van der Waals surface area (Å²) in [6.07, 6.45) is 7.53. The Labute approximate surface area is 270 Å². The first-order chi connectivity index (χ1) is 22.1. The Bertz CT molecular complexity index is 1630. The van der Waals surface area contributed by atoms with Gasteiger partial charge in [0.15, 0.2) is 17.7 Å². The average Bonchev–Trinajstić information content (AvgIpc) is 3.56. The molecule has 3 atom stereocenters. The lowest BCUT2D eigenvalue weighted by Crippen LogP contribution is -2.50. The maximum Gasteiger partial charge on any atom is 0.257 e. The first-order valence-electron chi connectivity index (χ1n) is 16.2. The zero-order valence-corrected chi connectivity index (χ0v) is 27.6. The van der Waals surface area contributed by atoms with E-state index in [4.69, 9.17) is 14.2 Å². The smallest absolute Gasteiger partial charge is 0.257 e. The van der Waals surface area contributed by atoms with Crippen LogP contribution in [0.25, 0.3) is 0 Å². The van der Waals surface area contributed by atoms with Gasteiger partial charge in [-0.1, -0.05) is 23.3 Å². The van der Waals surface area contributed by atoms with Crippen molar-refractivity contribution < 1.29 is 28.9 Å². The first-order valence-corrected chi connectivity index (χ1v) is 16.2. The molecule has 2 aromatic carbocycles. The molecule has 46 heavy (non-hydrogen) atoms. The molecular formula is C36H44N4O6. The van der Waals surface area contributed by atoms with Gasteiger partial charge in [-0.25, -0.2) is 0 Å². The van der Waals surface area contributed by atoms with Gasteiger partial charge >= 0.3 is 0 Å². The minimum Gasteiger partial charge on any atom is -0.493 e. The zero-order chi connectivity index (χ0) is 32.7. The third kappa shape index (κ3) is 5.86. The largest absolute Gasteiger partial charge is 0.493 e. The third-order valence-electron chi connectivity index (χ3n) is 9.12. The number of carbonyl (C=O) groups excluding carboxylic acids is 2. The van der Waals surface area contributed by atoms with Crippen LogP contribution < -0.4 is 19.1 Å². The number of aliphatic hydroxyl groups excluding tert-OH is 1. The van der Waals surface area contributed by atoms with Crippen LogP contribution in [0.4, 0.5) is 11.4 Å². The number of rotatable bonds is 10. The number of nitrogens with zero attached hydrogens (tertiary/aromatic N) is 4. The van der Waals surface area contributed by atoms with Crippen molar-refractivity contribution in [1.29, 1.82) is 0 Å². The van der Waals surface area contributed by atoms with Gasteiger partial charge in [-0.3, -0.25) is 14.6 Å². The minimum absolute atomic E-state index is 0.0179. The standard InChI is InChI=1S/C36H44N4O6/c1-21(2)40-29-17-31(24(5)14-27(29)35(42)39-20-23(4)13-30(39)36(40)43)45-10-8-7-9-11-46-33-16-28-26(15-32(33)44-6)34(41)38-19-22(3)12-25(38)18-37-28/h12-18,21,25,30,36,43H,7-11,19-20H2,1-6H3/t25-,30-,36?/m0/s1. The normalized spacial score (nSPS) is 21.7. The number of aliphatic hydroxyl groups is 1. The van der Waals surface area contributed by atoms with Crippen LogP contribution in [-0.4, -0.2) is 90.7 Å². The second-order valence-corrected chi connectivity index (χ2v) is 13.0. The number of benzene rings is 2. The van der Waals surface area contributed by atoms with Gasteiger partial charge in [0.05, 0.1) is 54.9 Å². The molecule has 0 spiro atoms. The number of fused-ring (bicyclic) bond motifs is 4. The molecule has 0 saturated carbocycles. The van der Waals surface area contributed by atoms with Gasteiger partial charge in [0.25, 0.3) is 11.8 Å². The molecule has 1 N–H and O–H groups in total. The monoisotopic (exact) mass is 628 g/mol. The van der Waals surface area contributed by atoms with Gasteiger partial charge in [-0.05, 0) is 71.6 Å². The van der Waals surface area contributed by atoms with Crippen molar-refractivity contribution in [3.63, 3.8) is 0 Å². The summed E-state index contributed by atoms with van der Waals surface area (Å²) in [6, 6.07) is 6.79. The fourth-order valence-corrected chi connectivity index (χ4v) is 6.82. The number of ether oxygens (including phenoxy) is 3. The Morgan fingerprint density at radius 2 is 1.52 bits per heavy atom. The second-order valence-electron chi connectivity index (χ2n) is 13.0. The topological polar surface area (TPSA) is 104 Å². The number of unbranched alkanes of at least 4 members (excludes halogenated alkanes) is 2. The number of hydrogen-bond donors (Lipinski definition) is 1. The molecule has 1 unspecified atom stereocenters. The maximum absolute atomic E-state index is 13.6. The van der Waals surface area contributed by atoms with Crippen LogP contribution in [0.5, 0.6) is 17.2 Å². The van der Waals surface area contributed by atoms with Crippen molar-refractivity contribution in [3.8, 4) is 17.2 Å². The number of methoxy groups -OCH3 is 1. The number of amides is 2. The first kappa shape index (κ1) is 31.7. The summed E-state index contributed by atoms with van der Waals surface area (Å²) in [7, 11) is 1.57. The van der Waals surface area contributed by atoms with E-state index >= 15 is 0 Å². The SMILES string of the molecule is COc1cc2c(cc1OCCCCCOc1cc3c(cc1C)C(=O)N1CC(C)=C[C@H]1C(O)N3C(C)C)N=C[C@@H]1C=C(C)CN1C2=O. The van der Waals surface area contributed by atoms with Gasteiger partial charge < -0.3 is 34.0 Å². The van der Waals surface area contributed by atoms with Crippen molar-refractivity contribution in [1.82, 2.24) is 9.80 Å². The highest BCUT2D eigenvalue weighted by molar-refractivity contribution is 6.04. The van der Waals surface area contributed by atoms with E-state index < -0.39 is 6.23 Å². The van der Waals surface area contributed by atoms with Crippen LogP contribution in [0, 0.1) is 6.92 Å². The van der Waals surface area contributed by atoms with Crippen LogP contribution in [0.15, 0.2) is 52.6 Å². The second kappa shape index (κ2) is 12.8. The number of anilines is 1. The molecule has 2 amide bonds. The van der Waals surface area contributed by atoms with E-state index in [9.17, 15) is 14.7 Å². The van der Waals surface area contributed by atoms with Gasteiger partial charge in [0.2, 0.25) is 0 Å². The predicted octanol–water partition coefficient (Wildman–Crippen LogP) is 5.44. The van der Waals surface area contributed by atoms with Crippen LogP contribution >= 0.6 is 0 Å². The molecule has 2 aromatic rings. The Kier molecular flexibility index (Phi) is 8.83. The number of aliphatic imine (C=N–C) groups is 1. The minimum atomic E-state index is -0.845. The molecule has 4 aliphatic heterocycles. The highest BCUT2D eigenvalue weighted by Gasteiger charge is 2.42. The summed E-state index contributed by atoms with van der Waals surface area (Å²) in [5.41, 5.74) is 5.52. The molecular weight excluding hydrogens is 584 g/mol. The molecule has 0 aliphatic carbocycles. The number of aryl methyl sites for hydroxylation is 1. The summed E-state index contributed by atoms with van der Waals surface area (Å²) >= 11 is 0. The molecule has 0 saturated heterocycles. The van der Waals surface area contributed by atoms with Gasteiger partial charge in [-0.2, -0.15) is 0 Å². The van der Waals surface area contributed by atoms with Gasteiger partial charge in [0, 0.05) is 37.5 Å². The maximum atomic E-state index is 13.6. The average molecular weight is 629 g/mol. The van der Waals surface area contributed by atoms with E-state index in [0.717, 1.165) is 36.0 Å². The summed E-state index contributed by atoms with van der Waals surface area (Å²) < 4.78 is 17.9. The van der Waals surface area contributed by atoms with Crippen molar-refractivity contribution in [2.24, 2.45) is 4.99 Å². The summed E-state index contributed by atoms with van der Waals surface area (Å²) in [6.45, 7) is 12.1. The summed E-state index contributed by atoms with van der Waals surface area (Å²) in [5.74, 6) is 1.66. The Hall–Kier alpha value is -4.31. The van der Waals surface area contributed by atoms with E-state index in [1.54, 1.807) is 24.1 Å². The van der Waals surface area contributed by atoms with Crippen LogP contribution in [0.3, 0.4) is 0 Å². The molecule has 244 valence electrons. The Morgan fingerprint density at radius 3 is 2.24 bits per heavy atom. The van der Waals surface area contributed by atoms with Gasteiger partial charge in [-0.15, -0.1) is 0 Å². The van der Waals surface area contributed by atoms with E-state index in [-0.39, 0.29) is 29.9 Å². The summed E-state index contributed by atoms with van der Waals surface area (Å²) in [5, 5.41) is 11.4. The number of carbonyl (C=O) groups is 2. The third-order valence-corrected chi connectivity index (χ3v) is 9.12. The molecule has 0 radical (unpaired) electrons. The molecule has 4 heterocycles. The van der Waals surface area contributed by atoms with Crippen LogP contribution in [0.2, 0.25) is 0 Å². The van der Waals surface area contributed by atoms with E-state index in [0.29, 0.717) is 66.1 Å². The molecule has 10 nitrogen and oxygen atoms in total. The quantitative estimate of drug-likeness (QED) is 0.276. The van der Waals surface area contributed by atoms with Gasteiger partial charge in [0.1, 0.15) is 5.75 Å². The lowest BCUT2D eigenvalue weighted by atomic mass is 10.0. The van der Waals surface area contributed by atoms with Crippen molar-refractivity contribution in [2.75, 3.05) is 38.3 Å². The van der Waals surface area contributed by atoms with Crippen LogP contribution in [-0.2, 0) is 0 Å². The van der Waals surface area contributed by atoms with Crippen molar-refractivity contribution in [3.05, 3.63) is 64.3 Å². The highest BCUT2D eigenvalue weighted by atomic mass is 16.5. The molecule has 0 aromatic heterocycles. The molecule has 6 rings (SSSR count). The fourth-order valence-electron chi connectivity index (χ4n) is 6.82. The zero-order valence-electron chi connectivity index (χ0n) is 27.6. The lowest BCUT2D eigenvalue weighted by molar-refractivity contribution is 0.0556. The Balaban J connectivity index is 1.05. The van der Waals surface area contributed by atoms with Crippen molar-refractivity contribution >= 4 is 29.4 Å². The molecule has 0 fully saturated rings. The van der Waals surface area contributed by atoms with E-state index in [1.807, 2.05) is 68.8 Å². The predicted molar refractivity (Wildman–Crippen MR) is 178 cm³/mol. The molecule has 10 heteroatoms. The van der Waals surface area contributed by atoms with E-state index in [2.05, 4.69) is 11.1 Å². The van der Waals surface area contributed by atoms with E-state index in [1.165, 1.54) is 0 Å². The Morgan fingerprint density at radius 1 is 0.848 bits per heavy atom. The summed E-state index contributed by atoms with van der Waals surface area (Å²) in [4.78, 5) is 36.9. The van der Waals surface area contributed by atoms with Crippen LogP contribution in [0.1, 0.15) is 73.2 Å². The highest BCUT2D eigenvalue weighted by Crippen LogP contribution is 2.40. The lowest BCUT2D eigenvalue weighted by Gasteiger charge is -2.36.